The Morgan fingerprint density at radius 2 is 1.85 bits per heavy atom. The summed E-state index contributed by atoms with van der Waals surface area (Å²) in [7, 11) is 5.07. The van der Waals surface area contributed by atoms with Crippen molar-refractivity contribution in [2.45, 2.75) is 59.2 Å². The molecule has 0 saturated carbocycles. The molecule has 0 unspecified atom stereocenters. The van der Waals surface area contributed by atoms with Crippen molar-refractivity contribution in [3.8, 4) is 39.9 Å². The Kier molecular flexibility index (Phi) is 7.58. The number of carbonyl (C=O) groups excluding carboxylic acids is 1. The number of pyridine rings is 1. The van der Waals surface area contributed by atoms with Gasteiger partial charge in [0.05, 0.1) is 31.0 Å². The van der Waals surface area contributed by atoms with Crippen LogP contribution in [0.5, 0.6) is 5.75 Å². The Balaban J connectivity index is 1.47. The van der Waals surface area contributed by atoms with Crippen molar-refractivity contribution in [1.82, 2.24) is 29.5 Å². The number of halogens is 1. The Hall–Kier alpha value is -5.10. The van der Waals surface area contributed by atoms with Crippen LogP contribution in [-0.4, -0.2) is 54.8 Å². The van der Waals surface area contributed by atoms with Gasteiger partial charge in [0.1, 0.15) is 11.3 Å². The maximum atomic E-state index is 15.8. The van der Waals surface area contributed by atoms with Crippen molar-refractivity contribution in [1.29, 1.82) is 0 Å². The van der Waals surface area contributed by atoms with E-state index in [2.05, 4.69) is 15.3 Å². The van der Waals surface area contributed by atoms with Crippen LogP contribution >= 0.6 is 0 Å². The molecule has 0 radical (unpaired) electrons. The number of benzene rings is 2. The van der Waals surface area contributed by atoms with Gasteiger partial charge in [0.15, 0.2) is 17.7 Å². The zero-order chi connectivity index (χ0) is 34.1. The molecule has 6 aromatic rings. The molecule has 4 aromatic heterocycles. The van der Waals surface area contributed by atoms with Gasteiger partial charge in [0.2, 0.25) is 5.89 Å². The minimum atomic E-state index is -1.14. The number of aromatic nitrogens is 6. The monoisotopic (exact) mass is 652 g/mol. The highest BCUT2D eigenvalue weighted by molar-refractivity contribution is 6.01. The van der Waals surface area contributed by atoms with Gasteiger partial charge in [-0.3, -0.25) is 4.68 Å². The van der Waals surface area contributed by atoms with E-state index >= 15 is 4.39 Å². The van der Waals surface area contributed by atoms with E-state index in [0.717, 1.165) is 34.0 Å². The van der Waals surface area contributed by atoms with E-state index in [1.165, 1.54) is 13.2 Å². The summed E-state index contributed by atoms with van der Waals surface area (Å²) in [6.07, 6.45) is 2.09. The number of carbonyl (C=O) groups is 1. The summed E-state index contributed by atoms with van der Waals surface area (Å²) in [5, 5.41) is 14.7. The molecule has 248 valence electrons. The lowest BCUT2D eigenvalue weighted by atomic mass is 9.86. The quantitative estimate of drug-likeness (QED) is 0.176. The molecular weight excluding hydrogens is 615 g/mol. The number of hydrogen-bond acceptors (Lipinski definition) is 9. The molecule has 1 aliphatic rings. The normalized spacial score (nSPS) is 13.9. The second-order valence-electron chi connectivity index (χ2n) is 13.2. The molecule has 0 bridgehead atoms. The fraction of sp³-hybridized carbons (Fsp3) is 0.361. The number of ether oxygens (including phenoxy) is 3. The summed E-state index contributed by atoms with van der Waals surface area (Å²) >= 11 is 0. The van der Waals surface area contributed by atoms with Crippen LogP contribution < -0.4 is 4.74 Å². The van der Waals surface area contributed by atoms with Crippen LogP contribution in [0, 0.1) is 19.7 Å². The second kappa shape index (κ2) is 11.6. The maximum Gasteiger partial charge on any atom is 0.339 e. The lowest BCUT2D eigenvalue weighted by molar-refractivity contribution is -0.164. The van der Waals surface area contributed by atoms with Gasteiger partial charge in [-0.05, 0) is 88.9 Å². The highest BCUT2D eigenvalue weighted by Gasteiger charge is 2.35. The first-order valence-electron chi connectivity index (χ1n) is 15.8. The number of nitrogens with zero attached hydrogens (tertiary/aromatic N) is 6. The number of aryl methyl sites for hydroxylation is 3. The third-order valence-corrected chi connectivity index (χ3v) is 8.89. The lowest BCUT2D eigenvalue weighted by Gasteiger charge is -2.29. The van der Waals surface area contributed by atoms with Crippen LogP contribution in [0.15, 0.2) is 40.9 Å². The topological polar surface area (TPSA) is 119 Å². The zero-order valence-electron chi connectivity index (χ0n) is 28.3. The van der Waals surface area contributed by atoms with Crippen LogP contribution in [0.25, 0.3) is 56.1 Å². The third kappa shape index (κ3) is 5.20. The molecule has 0 saturated heterocycles. The largest absolute Gasteiger partial charge is 0.490 e. The number of fused-ring (bicyclic) bond motifs is 3. The first kappa shape index (κ1) is 31.5. The molecule has 0 spiro atoms. The molecule has 0 aliphatic carbocycles. The third-order valence-electron chi connectivity index (χ3n) is 8.89. The number of esters is 1. The van der Waals surface area contributed by atoms with Gasteiger partial charge in [-0.1, -0.05) is 0 Å². The van der Waals surface area contributed by atoms with E-state index in [1.54, 1.807) is 10.9 Å². The van der Waals surface area contributed by atoms with E-state index in [0.29, 0.717) is 58.0 Å². The van der Waals surface area contributed by atoms with E-state index in [4.69, 9.17) is 23.6 Å². The van der Waals surface area contributed by atoms with Crippen molar-refractivity contribution < 1.29 is 27.8 Å². The van der Waals surface area contributed by atoms with Crippen molar-refractivity contribution >= 4 is 27.9 Å². The molecule has 0 fully saturated rings. The first-order chi connectivity index (χ1) is 22.9. The summed E-state index contributed by atoms with van der Waals surface area (Å²) < 4.78 is 43.1. The maximum absolute atomic E-state index is 15.8. The average Bonchev–Trinajstić information content (AvgIpc) is 3.78. The standard InChI is InChI=1S/C36H37FN6O5/c1-18-22-10-9-13-46-30(22)25(37)15-23(18)29-24-16-27(34-41-40-33(47-34)20-11-12-26-21(14-20)17-38-43(26)7)42(6)32(24)39-19(2)28(29)31(35(44)45-8)48-36(3,4)5/h11-12,14-17,31H,9-10,13H2,1-8H3/t31-/m0/s1. The van der Waals surface area contributed by atoms with Crippen molar-refractivity contribution in [2.24, 2.45) is 14.1 Å². The summed E-state index contributed by atoms with van der Waals surface area (Å²) in [5.74, 6) is -0.146. The SMILES string of the molecule is COC(=O)[C@@H](OC(C)(C)C)c1c(C)nc2c(cc(-c3nnc(-c4ccc5c(cnn5C)c4)o3)n2C)c1-c1cc(F)c2c(c1C)CCCO2. The van der Waals surface area contributed by atoms with Gasteiger partial charge < -0.3 is 23.2 Å². The molecule has 11 nitrogen and oxygen atoms in total. The molecule has 5 heterocycles. The van der Waals surface area contributed by atoms with Gasteiger partial charge in [-0.15, -0.1) is 10.2 Å². The Morgan fingerprint density at radius 3 is 2.60 bits per heavy atom. The van der Waals surface area contributed by atoms with Gasteiger partial charge in [-0.25, -0.2) is 14.2 Å². The fourth-order valence-electron chi connectivity index (χ4n) is 6.62. The van der Waals surface area contributed by atoms with Crippen LogP contribution in [0.3, 0.4) is 0 Å². The molecule has 0 N–H and O–H groups in total. The second-order valence-corrected chi connectivity index (χ2v) is 13.2. The van der Waals surface area contributed by atoms with E-state index in [9.17, 15) is 4.79 Å². The van der Waals surface area contributed by atoms with E-state index in [1.807, 2.05) is 77.5 Å². The van der Waals surface area contributed by atoms with Crippen LogP contribution in [0.4, 0.5) is 4.39 Å². The van der Waals surface area contributed by atoms with Crippen molar-refractivity contribution in [3.63, 3.8) is 0 Å². The van der Waals surface area contributed by atoms with Crippen LogP contribution in [0.2, 0.25) is 0 Å². The minimum Gasteiger partial charge on any atom is -0.490 e. The molecule has 1 atom stereocenters. The Morgan fingerprint density at radius 1 is 1.08 bits per heavy atom. The van der Waals surface area contributed by atoms with E-state index in [-0.39, 0.29) is 11.6 Å². The van der Waals surface area contributed by atoms with Gasteiger partial charge in [0.25, 0.3) is 5.89 Å². The van der Waals surface area contributed by atoms with Crippen molar-refractivity contribution in [2.75, 3.05) is 13.7 Å². The van der Waals surface area contributed by atoms with Crippen LogP contribution in [0.1, 0.15) is 55.7 Å². The van der Waals surface area contributed by atoms with Crippen LogP contribution in [-0.2, 0) is 34.8 Å². The van der Waals surface area contributed by atoms with Gasteiger partial charge in [0, 0.05) is 52.8 Å². The minimum absolute atomic E-state index is 0.276. The van der Waals surface area contributed by atoms with E-state index < -0.39 is 23.5 Å². The predicted octanol–water partition coefficient (Wildman–Crippen LogP) is 6.95. The zero-order valence-corrected chi connectivity index (χ0v) is 28.3. The number of hydrogen-bond donors (Lipinski definition) is 0. The Labute approximate surface area is 276 Å². The molecule has 7 rings (SSSR count). The molecule has 2 aromatic carbocycles. The van der Waals surface area contributed by atoms with Gasteiger partial charge in [-0.2, -0.15) is 5.10 Å². The summed E-state index contributed by atoms with van der Waals surface area (Å²) in [6.45, 7) is 9.83. The Bertz CT molecular complexity index is 2240. The van der Waals surface area contributed by atoms with Crippen molar-refractivity contribution in [3.05, 3.63) is 64.7 Å². The summed E-state index contributed by atoms with van der Waals surface area (Å²) in [4.78, 5) is 18.4. The number of methoxy groups -OCH3 is 1. The average molecular weight is 653 g/mol. The summed E-state index contributed by atoms with van der Waals surface area (Å²) in [5.41, 5.74) is 6.13. The van der Waals surface area contributed by atoms with Gasteiger partial charge >= 0.3 is 5.97 Å². The molecular formula is C36H37FN6O5. The highest BCUT2D eigenvalue weighted by atomic mass is 19.1. The number of rotatable bonds is 6. The lowest BCUT2D eigenvalue weighted by Crippen LogP contribution is -2.29. The first-order valence-corrected chi connectivity index (χ1v) is 15.8. The molecule has 12 heteroatoms. The fourth-order valence-corrected chi connectivity index (χ4v) is 6.62. The summed E-state index contributed by atoms with van der Waals surface area (Å²) in [6, 6.07) is 9.20. The molecule has 48 heavy (non-hydrogen) atoms. The highest BCUT2D eigenvalue weighted by Crippen LogP contribution is 2.45. The predicted molar refractivity (Wildman–Crippen MR) is 178 cm³/mol. The smallest absolute Gasteiger partial charge is 0.339 e. The molecule has 0 amide bonds. The molecule has 1 aliphatic heterocycles.